The Morgan fingerprint density at radius 1 is 1.17 bits per heavy atom. The van der Waals surface area contributed by atoms with Crippen LogP contribution in [0.15, 0.2) is 67.0 Å². The number of nitrogens with one attached hydrogen (secondary N) is 1. The highest BCUT2D eigenvalue weighted by Crippen LogP contribution is 2.20. The fourth-order valence-corrected chi connectivity index (χ4v) is 4.01. The fraction of sp³-hybridized carbons (Fsp3) is 0.333. The quantitative estimate of drug-likeness (QED) is 0.675. The molecule has 0 aliphatic carbocycles. The molecular formula is C24H28N4O. The second-order valence-corrected chi connectivity index (χ2v) is 7.84. The first-order valence-corrected chi connectivity index (χ1v) is 10.3. The number of benzene rings is 2. The molecule has 0 radical (unpaired) electrons. The van der Waals surface area contributed by atoms with Gasteiger partial charge in [-0.15, -0.1) is 0 Å². The van der Waals surface area contributed by atoms with Crippen LogP contribution in [0.3, 0.4) is 0 Å². The van der Waals surface area contributed by atoms with Crippen molar-refractivity contribution >= 4 is 5.91 Å². The summed E-state index contributed by atoms with van der Waals surface area (Å²) in [5, 5.41) is 3.41. The smallest absolute Gasteiger partial charge is 0.254 e. The number of hydrogen-bond donors (Lipinski definition) is 1. The molecule has 1 aliphatic rings. The Hall–Kier alpha value is -2.92. The van der Waals surface area contributed by atoms with Gasteiger partial charge >= 0.3 is 0 Å². The lowest BCUT2D eigenvalue weighted by atomic mass is 9.94. The minimum absolute atomic E-state index is 0.0563. The highest BCUT2D eigenvalue weighted by atomic mass is 16.2. The minimum atomic E-state index is 0.0563. The van der Waals surface area contributed by atoms with Crippen LogP contribution in [0.1, 0.15) is 33.7 Å². The summed E-state index contributed by atoms with van der Waals surface area (Å²) >= 11 is 0. The van der Waals surface area contributed by atoms with Crippen LogP contribution in [0.5, 0.6) is 0 Å². The van der Waals surface area contributed by atoms with Crippen molar-refractivity contribution in [1.82, 2.24) is 19.8 Å². The van der Waals surface area contributed by atoms with Crippen molar-refractivity contribution in [3.05, 3.63) is 89.5 Å². The summed E-state index contributed by atoms with van der Waals surface area (Å²) < 4.78 is 2.11. The summed E-state index contributed by atoms with van der Waals surface area (Å²) in [5.41, 5.74) is 3.17. The molecule has 5 heteroatoms. The van der Waals surface area contributed by atoms with Crippen molar-refractivity contribution in [2.45, 2.75) is 25.9 Å². The summed E-state index contributed by atoms with van der Waals surface area (Å²) in [6.45, 7) is 3.35. The summed E-state index contributed by atoms with van der Waals surface area (Å²) in [5.74, 6) is 1.56. The summed E-state index contributed by atoms with van der Waals surface area (Å²) in [7, 11) is 1.86. The van der Waals surface area contributed by atoms with Gasteiger partial charge in [0.15, 0.2) is 0 Å². The van der Waals surface area contributed by atoms with E-state index in [0.29, 0.717) is 12.5 Å². The highest BCUT2D eigenvalue weighted by molar-refractivity contribution is 5.95. The van der Waals surface area contributed by atoms with Crippen molar-refractivity contribution in [2.75, 3.05) is 20.1 Å². The van der Waals surface area contributed by atoms with Gasteiger partial charge in [0.25, 0.3) is 5.91 Å². The molecule has 0 bridgehead atoms. The van der Waals surface area contributed by atoms with Crippen molar-refractivity contribution < 1.29 is 4.79 Å². The molecule has 29 heavy (non-hydrogen) atoms. The van der Waals surface area contributed by atoms with E-state index in [9.17, 15) is 4.79 Å². The fourth-order valence-electron chi connectivity index (χ4n) is 4.01. The van der Waals surface area contributed by atoms with Crippen LogP contribution in [0.25, 0.3) is 0 Å². The number of carbonyl (C=O) groups is 1. The Balaban J connectivity index is 1.46. The Morgan fingerprint density at radius 3 is 2.76 bits per heavy atom. The SMILES string of the molecule is CN(Cc1nccn1Cc1ccccc1)C(=O)c1ccccc1CC1CCNC1. The van der Waals surface area contributed by atoms with E-state index in [-0.39, 0.29) is 5.91 Å². The average Bonchev–Trinajstić information content (AvgIpc) is 3.41. The standard InChI is InChI=1S/C24H28N4O/c1-27(18-23-26-13-14-28(23)17-19-7-3-2-4-8-19)24(29)22-10-6-5-9-21(22)15-20-11-12-25-16-20/h2-10,13-14,20,25H,11-12,15-18H2,1H3. The maximum Gasteiger partial charge on any atom is 0.254 e. The Kier molecular flexibility index (Phi) is 6.06. The van der Waals surface area contributed by atoms with Gasteiger partial charge in [-0.2, -0.15) is 0 Å². The van der Waals surface area contributed by atoms with Crippen LogP contribution in [0.4, 0.5) is 0 Å². The van der Waals surface area contributed by atoms with Gasteiger partial charge in [0, 0.05) is 31.5 Å². The molecule has 0 spiro atoms. The zero-order valence-corrected chi connectivity index (χ0v) is 16.9. The first kappa shape index (κ1) is 19.4. The molecule has 3 aromatic rings. The van der Waals surface area contributed by atoms with Crippen LogP contribution < -0.4 is 5.32 Å². The molecule has 150 valence electrons. The number of amides is 1. The van der Waals surface area contributed by atoms with E-state index in [1.165, 1.54) is 12.0 Å². The van der Waals surface area contributed by atoms with Crippen molar-refractivity contribution in [2.24, 2.45) is 5.92 Å². The van der Waals surface area contributed by atoms with Crippen LogP contribution in [-0.4, -0.2) is 40.5 Å². The lowest BCUT2D eigenvalue weighted by molar-refractivity contribution is 0.0779. The van der Waals surface area contributed by atoms with Gasteiger partial charge in [0.05, 0.1) is 6.54 Å². The minimum Gasteiger partial charge on any atom is -0.334 e. The molecule has 1 aromatic heterocycles. The van der Waals surface area contributed by atoms with Crippen molar-refractivity contribution in [1.29, 1.82) is 0 Å². The zero-order chi connectivity index (χ0) is 20.1. The van der Waals surface area contributed by atoms with Crippen molar-refractivity contribution in [3.8, 4) is 0 Å². The molecule has 1 saturated heterocycles. The highest BCUT2D eigenvalue weighted by Gasteiger charge is 2.21. The van der Waals surface area contributed by atoms with Crippen LogP contribution in [0, 0.1) is 5.92 Å². The molecule has 2 heterocycles. The van der Waals surface area contributed by atoms with Gasteiger partial charge in [0.2, 0.25) is 0 Å². The van der Waals surface area contributed by atoms with Gasteiger partial charge in [-0.05, 0) is 49.0 Å². The molecule has 1 unspecified atom stereocenters. The molecule has 2 aromatic carbocycles. The molecule has 1 fully saturated rings. The first-order valence-electron chi connectivity index (χ1n) is 10.3. The molecule has 4 rings (SSSR count). The van der Waals surface area contributed by atoms with Gasteiger partial charge in [-0.25, -0.2) is 4.98 Å². The van der Waals surface area contributed by atoms with Gasteiger partial charge < -0.3 is 14.8 Å². The van der Waals surface area contributed by atoms with E-state index >= 15 is 0 Å². The number of aromatic nitrogens is 2. The summed E-state index contributed by atoms with van der Waals surface area (Å²) in [6, 6.07) is 18.3. The third kappa shape index (κ3) is 4.74. The van der Waals surface area contributed by atoms with Crippen LogP contribution in [-0.2, 0) is 19.5 Å². The maximum atomic E-state index is 13.2. The van der Waals surface area contributed by atoms with E-state index in [2.05, 4.69) is 33.1 Å². The monoisotopic (exact) mass is 388 g/mol. The summed E-state index contributed by atoms with van der Waals surface area (Å²) in [4.78, 5) is 19.5. The van der Waals surface area contributed by atoms with E-state index in [0.717, 1.165) is 43.0 Å². The van der Waals surface area contributed by atoms with Gasteiger partial charge in [-0.1, -0.05) is 48.5 Å². The molecule has 0 saturated carbocycles. The third-order valence-electron chi connectivity index (χ3n) is 5.64. The predicted octanol–water partition coefficient (Wildman–Crippen LogP) is 3.36. The van der Waals surface area contributed by atoms with E-state index in [4.69, 9.17) is 0 Å². The molecule has 1 atom stereocenters. The largest absolute Gasteiger partial charge is 0.334 e. The molecule has 5 nitrogen and oxygen atoms in total. The van der Waals surface area contributed by atoms with Gasteiger partial charge in [-0.3, -0.25) is 4.79 Å². The zero-order valence-electron chi connectivity index (χ0n) is 16.9. The van der Waals surface area contributed by atoms with Crippen LogP contribution >= 0.6 is 0 Å². The second-order valence-electron chi connectivity index (χ2n) is 7.84. The predicted molar refractivity (Wildman–Crippen MR) is 115 cm³/mol. The summed E-state index contributed by atoms with van der Waals surface area (Å²) in [6.07, 6.45) is 5.90. The van der Waals surface area contributed by atoms with E-state index in [1.807, 2.05) is 49.6 Å². The lowest BCUT2D eigenvalue weighted by Gasteiger charge is -2.20. The third-order valence-corrected chi connectivity index (χ3v) is 5.64. The maximum absolute atomic E-state index is 13.2. The Morgan fingerprint density at radius 2 is 1.97 bits per heavy atom. The molecule has 1 amide bonds. The normalized spacial score (nSPS) is 16.1. The van der Waals surface area contributed by atoms with Crippen molar-refractivity contribution in [3.63, 3.8) is 0 Å². The number of imidazole rings is 1. The lowest BCUT2D eigenvalue weighted by Crippen LogP contribution is -2.29. The number of hydrogen-bond acceptors (Lipinski definition) is 3. The molecular weight excluding hydrogens is 360 g/mol. The van der Waals surface area contributed by atoms with E-state index in [1.54, 1.807) is 11.1 Å². The first-order chi connectivity index (χ1) is 14.2. The van der Waals surface area contributed by atoms with Gasteiger partial charge in [0.1, 0.15) is 5.82 Å². The number of nitrogens with zero attached hydrogens (tertiary/aromatic N) is 3. The molecule has 1 aliphatic heterocycles. The Labute approximate surface area is 172 Å². The average molecular weight is 389 g/mol. The number of carbonyl (C=O) groups excluding carboxylic acids is 1. The Bertz CT molecular complexity index is 944. The van der Waals surface area contributed by atoms with Crippen LogP contribution in [0.2, 0.25) is 0 Å². The topological polar surface area (TPSA) is 50.2 Å². The second kappa shape index (κ2) is 9.05. The van der Waals surface area contributed by atoms with E-state index < -0.39 is 0 Å². The number of rotatable bonds is 7. The molecule has 1 N–H and O–H groups in total.